The number of ether oxygens (including phenoxy) is 2. The lowest BCUT2D eigenvalue weighted by atomic mass is 9.96. The number of amides is 1. The van der Waals surface area contributed by atoms with Crippen molar-refractivity contribution in [3.63, 3.8) is 0 Å². The van der Waals surface area contributed by atoms with E-state index < -0.39 is 36.1 Å². The van der Waals surface area contributed by atoms with E-state index in [9.17, 15) is 19.2 Å². The molecule has 3 aromatic rings. The molecule has 1 heterocycles. The predicted octanol–water partition coefficient (Wildman–Crippen LogP) is 5.85. The molecule has 40 heavy (non-hydrogen) atoms. The molecule has 3 rings (SSSR count). The summed E-state index contributed by atoms with van der Waals surface area (Å²) >= 11 is 6.22. The van der Waals surface area contributed by atoms with Gasteiger partial charge in [-0.05, 0) is 68.8 Å². The van der Waals surface area contributed by atoms with Gasteiger partial charge in [-0.3, -0.25) is 19.0 Å². The second-order valence-corrected chi connectivity index (χ2v) is 10.4. The van der Waals surface area contributed by atoms with E-state index in [1.165, 1.54) is 42.5 Å². The number of pyridine rings is 1. The molecular formula is C30H33ClN2O7. The third kappa shape index (κ3) is 7.58. The van der Waals surface area contributed by atoms with Crippen molar-refractivity contribution in [2.24, 2.45) is 0 Å². The lowest BCUT2D eigenvalue weighted by molar-refractivity contribution is -0.120. The maximum absolute atomic E-state index is 13.6. The van der Waals surface area contributed by atoms with E-state index in [1.54, 1.807) is 6.92 Å². The van der Waals surface area contributed by atoms with Gasteiger partial charge in [0.2, 0.25) is 5.91 Å². The van der Waals surface area contributed by atoms with Crippen LogP contribution in [0.5, 0.6) is 5.75 Å². The molecular weight excluding hydrogens is 536 g/mol. The number of nitrogens with zero attached hydrogens (tertiary/aromatic N) is 1. The average molecular weight is 572 g/mol. The summed E-state index contributed by atoms with van der Waals surface area (Å²) in [6.45, 7) is 7.21. The van der Waals surface area contributed by atoms with Crippen LogP contribution in [0.1, 0.15) is 71.4 Å². The first kappa shape index (κ1) is 26.3. The quantitative estimate of drug-likeness (QED) is 0.276. The molecule has 212 valence electrons. The van der Waals surface area contributed by atoms with E-state index in [0.29, 0.717) is 0 Å². The third-order valence-electron chi connectivity index (χ3n) is 6.01. The summed E-state index contributed by atoms with van der Waals surface area (Å²) in [5.41, 5.74) is -0.482. The summed E-state index contributed by atoms with van der Waals surface area (Å²) < 4.78 is 35.3. The number of rotatable bonds is 11. The molecule has 1 aromatic heterocycles. The maximum atomic E-state index is 13.6. The van der Waals surface area contributed by atoms with Crippen molar-refractivity contribution in [1.29, 1.82) is 0 Å². The van der Waals surface area contributed by atoms with Crippen molar-refractivity contribution in [3.05, 3.63) is 81.2 Å². The van der Waals surface area contributed by atoms with Gasteiger partial charge in [0.25, 0.3) is 5.56 Å². The molecule has 2 aromatic carbocycles. The van der Waals surface area contributed by atoms with Crippen LogP contribution < -0.4 is 15.6 Å². The molecule has 2 N–H and O–H groups in total. The van der Waals surface area contributed by atoms with Crippen LogP contribution in [0.25, 0.3) is 11.1 Å². The van der Waals surface area contributed by atoms with E-state index >= 15 is 0 Å². The van der Waals surface area contributed by atoms with Gasteiger partial charge in [0.1, 0.15) is 11.8 Å². The smallest absolute Gasteiger partial charge is 0.335 e. The summed E-state index contributed by atoms with van der Waals surface area (Å²) in [5, 5.41) is 12.1. The van der Waals surface area contributed by atoms with Crippen LogP contribution in [0.15, 0.2) is 59.5 Å². The van der Waals surface area contributed by atoms with Crippen molar-refractivity contribution in [1.82, 2.24) is 4.57 Å². The molecule has 0 fully saturated rings. The van der Waals surface area contributed by atoms with Gasteiger partial charge in [-0.15, -0.1) is 0 Å². The summed E-state index contributed by atoms with van der Waals surface area (Å²) in [4.78, 5) is 51.1. The van der Waals surface area contributed by atoms with Crippen LogP contribution in [0.2, 0.25) is 5.02 Å². The van der Waals surface area contributed by atoms with Crippen molar-refractivity contribution < 1.29 is 33.1 Å². The Morgan fingerprint density at radius 1 is 1.10 bits per heavy atom. The summed E-state index contributed by atoms with van der Waals surface area (Å²) in [5.74, 6) is -2.31. The van der Waals surface area contributed by atoms with E-state index in [1.807, 2.05) is 20.8 Å². The number of anilines is 1. The molecule has 0 spiro atoms. The molecule has 0 aliphatic heterocycles. The minimum atomic E-state index is -2.94. The number of carboxylic acids is 1. The number of methoxy groups -OCH3 is 1. The first-order valence-corrected chi connectivity index (χ1v) is 12.9. The van der Waals surface area contributed by atoms with E-state index in [2.05, 4.69) is 5.32 Å². The fourth-order valence-electron chi connectivity index (χ4n) is 4.03. The molecule has 10 heteroatoms. The Morgan fingerprint density at radius 3 is 2.40 bits per heavy atom. The molecule has 1 unspecified atom stereocenters. The van der Waals surface area contributed by atoms with Gasteiger partial charge in [-0.2, -0.15) is 0 Å². The fourth-order valence-corrected chi connectivity index (χ4v) is 4.20. The van der Waals surface area contributed by atoms with E-state index in [4.69, 9.17) is 30.3 Å². The lowest BCUT2D eigenvalue weighted by Gasteiger charge is -2.24. The molecule has 0 aliphatic rings. The summed E-state index contributed by atoms with van der Waals surface area (Å²) in [6, 6.07) is 9.80. The number of ketones is 1. The SMILES string of the molecule is [2H]C([2H])([2H])Oc1cn(C(CCOC(C)(C)C)C(=O)Nc2ccc(C(=O)O)cc2)c(=O)cc1-c1cc(Cl)ccc1C(=O)CC. The first-order valence-electron chi connectivity index (χ1n) is 14.1. The number of carbonyl (C=O) groups is 3. The monoisotopic (exact) mass is 571 g/mol. The number of halogens is 1. The zero-order chi connectivity index (χ0) is 32.1. The molecule has 0 aliphatic carbocycles. The Kier molecular flexibility index (Phi) is 8.50. The highest BCUT2D eigenvalue weighted by atomic mass is 35.5. The van der Waals surface area contributed by atoms with Crippen LogP contribution in [0.3, 0.4) is 0 Å². The number of aromatic nitrogens is 1. The predicted molar refractivity (Wildman–Crippen MR) is 154 cm³/mol. The second-order valence-electron chi connectivity index (χ2n) is 10.0. The zero-order valence-electron chi connectivity index (χ0n) is 25.6. The number of aromatic carboxylic acids is 1. The number of hydrogen-bond donors (Lipinski definition) is 2. The van der Waals surface area contributed by atoms with Crippen LogP contribution in [-0.4, -0.2) is 46.6 Å². The number of hydrogen-bond acceptors (Lipinski definition) is 6. The molecule has 0 saturated carbocycles. The van der Waals surface area contributed by atoms with Crippen LogP contribution in [-0.2, 0) is 9.53 Å². The highest BCUT2D eigenvalue weighted by Gasteiger charge is 2.26. The minimum absolute atomic E-state index is 0.0134. The van der Waals surface area contributed by atoms with Gasteiger partial charge in [0, 0.05) is 47.4 Å². The number of carboxylic acid groups (broad SMARTS) is 1. The Hall–Kier alpha value is -3.95. The Labute approximate surface area is 241 Å². The van der Waals surface area contributed by atoms with Gasteiger partial charge >= 0.3 is 5.97 Å². The third-order valence-corrected chi connectivity index (χ3v) is 6.25. The van der Waals surface area contributed by atoms with Crippen LogP contribution >= 0.6 is 11.6 Å². The Balaban J connectivity index is 2.16. The molecule has 9 nitrogen and oxygen atoms in total. The number of nitrogens with one attached hydrogen (secondary N) is 1. The second kappa shape index (κ2) is 12.9. The molecule has 0 saturated heterocycles. The molecule has 1 atom stereocenters. The van der Waals surface area contributed by atoms with Gasteiger partial charge in [0.05, 0.1) is 28.5 Å². The van der Waals surface area contributed by atoms with Gasteiger partial charge < -0.3 is 19.9 Å². The molecule has 0 bridgehead atoms. The summed E-state index contributed by atoms with van der Waals surface area (Å²) in [7, 11) is -2.94. The first-order chi connectivity index (χ1) is 20.0. The number of Topliss-reactive ketones (excluding diaryl/α,β-unsaturated/α-hetero) is 1. The normalized spacial score (nSPS) is 13.5. The standard InChI is InChI=1S/C30H33ClN2O7/c1-6-25(34)21-12-9-19(31)15-22(21)23-16-27(35)33(17-26(23)39-5)24(13-14-40-30(2,3)4)28(36)32-20-10-7-18(8-11-20)29(37)38/h7-12,15-17,24H,6,13-14H2,1-5H3,(H,32,36)(H,37,38)/i5D3. The number of benzene rings is 2. The molecule has 0 radical (unpaired) electrons. The maximum Gasteiger partial charge on any atom is 0.335 e. The van der Waals surface area contributed by atoms with Gasteiger partial charge in [-0.25, -0.2) is 4.79 Å². The zero-order valence-corrected chi connectivity index (χ0v) is 23.4. The van der Waals surface area contributed by atoms with Crippen molar-refractivity contribution in [2.45, 2.75) is 52.2 Å². The lowest BCUT2D eigenvalue weighted by Crippen LogP contribution is -2.34. The van der Waals surface area contributed by atoms with Crippen LogP contribution in [0, 0.1) is 0 Å². The topological polar surface area (TPSA) is 124 Å². The summed E-state index contributed by atoms with van der Waals surface area (Å²) in [6.07, 6.45) is 1.28. The van der Waals surface area contributed by atoms with E-state index in [-0.39, 0.29) is 63.9 Å². The van der Waals surface area contributed by atoms with Crippen LogP contribution in [0.4, 0.5) is 5.69 Å². The van der Waals surface area contributed by atoms with Gasteiger partial charge in [-0.1, -0.05) is 18.5 Å². The van der Waals surface area contributed by atoms with Crippen molar-refractivity contribution in [2.75, 3.05) is 19.0 Å². The Morgan fingerprint density at radius 2 is 1.80 bits per heavy atom. The largest absolute Gasteiger partial charge is 0.495 e. The fraction of sp³-hybridized carbons (Fsp3) is 0.333. The number of carbonyl (C=O) groups excluding carboxylic acids is 2. The van der Waals surface area contributed by atoms with E-state index in [0.717, 1.165) is 16.8 Å². The Bertz CT molecular complexity index is 1560. The highest BCUT2D eigenvalue weighted by Crippen LogP contribution is 2.34. The van der Waals surface area contributed by atoms with Gasteiger partial charge in [0.15, 0.2) is 5.78 Å². The highest BCUT2D eigenvalue weighted by molar-refractivity contribution is 6.31. The van der Waals surface area contributed by atoms with Crippen molar-refractivity contribution >= 4 is 34.9 Å². The minimum Gasteiger partial charge on any atom is -0.495 e. The molecule has 1 amide bonds. The van der Waals surface area contributed by atoms with Crippen molar-refractivity contribution in [3.8, 4) is 16.9 Å². The average Bonchev–Trinajstić information content (AvgIpc) is 2.90.